The summed E-state index contributed by atoms with van der Waals surface area (Å²) in [6.45, 7) is 0.844. The van der Waals surface area contributed by atoms with E-state index >= 15 is 0 Å². The fraction of sp³-hybridized carbons (Fsp3) is 0.105. The number of carbonyl (C=O) groups is 2. The summed E-state index contributed by atoms with van der Waals surface area (Å²) in [5, 5.41) is 4.47. The van der Waals surface area contributed by atoms with E-state index in [0.29, 0.717) is 23.4 Å². The molecule has 0 unspecified atom stereocenters. The number of carbonyl (C=O) groups excluding carboxylic acids is 2. The first-order valence-electron chi connectivity index (χ1n) is 7.74. The predicted octanol–water partition coefficient (Wildman–Crippen LogP) is 2.73. The zero-order valence-corrected chi connectivity index (χ0v) is 12.9. The molecule has 0 fully saturated rings. The first-order chi connectivity index (χ1) is 11.7. The molecule has 1 aliphatic rings. The molecule has 2 aromatic carbocycles. The Morgan fingerprint density at radius 3 is 2.04 bits per heavy atom. The molecule has 1 aromatic heterocycles. The minimum atomic E-state index is -0.256. The van der Waals surface area contributed by atoms with Gasteiger partial charge in [-0.15, -0.1) is 0 Å². The van der Waals surface area contributed by atoms with Crippen molar-refractivity contribution in [2.75, 3.05) is 0 Å². The average molecular weight is 317 g/mol. The van der Waals surface area contributed by atoms with Gasteiger partial charge in [-0.05, 0) is 23.8 Å². The molecule has 0 atom stereocenters. The molecule has 5 heteroatoms. The van der Waals surface area contributed by atoms with E-state index in [4.69, 9.17) is 0 Å². The highest BCUT2D eigenvalue weighted by atomic mass is 16.2. The minimum absolute atomic E-state index is 0.189. The summed E-state index contributed by atoms with van der Waals surface area (Å²) in [6, 6.07) is 18.7. The minimum Gasteiger partial charge on any atom is -0.269 e. The lowest BCUT2D eigenvalue weighted by molar-refractivity contribution is 0.0640. The van der Waals surface area contributed by atoms with Gasteiger partial charge in [0.1, 0.15) is 0 Å². The Kier molecular flexibility index (Phi) is 3.46. The van der Waals surface area contributed by atoms with Crippen LogP contribution in [-0.2, 0) is 13.1 Å². The molecule has 0 bridgehead atoms. The summed E-state index contributed by atoms with van der Waals surface area (Å²) in [4.78, 5) is 26.0. The highest BCUT2D eigenvalue weighted by molar-refractivity contribution is 6.21. The Balaban J connectivity index is 1.51. The molecule has 24 heavy (non-hydrogen) atoms. The maximum absolute atomic E-state index is 12.4. The van der Waals surface area contributed by atoms with Crippen molar-refractivity contribution in [3.63, 3.8) is 0 Å². The quantitative estimate of drug-likeness (QED) is 0.695. The van der Waals surface area contributed by atoms with Crippen molar-refractivity contribution in [3.8, 4) is 0 Å². The maximum Gasteiger partial charge on any atom is 0.261 e. The molecule has 118 valence electrons. The molecular formula is C19H15N3O2. The van der Waals surface area contributed by atoms with Crippen molar-refractivity contribution < 1.29 is 9.59 Å². The first kappa shape index (κ1) is 14.4. The molecule has 0 aliphatic carbocycles. The lowest BCUT2D eigenvalue weighted by Crippen LogP contribution is -2.29. The van der Waals surface area contributed by atoms with Crippen molar-refractivity contribution in [1.29, 1.82) is 0 Å². The molecule has 3 aromatic rings. The van der Waals surface area contributed by atoms with Crippen LogP contribution in [-0.4, -0.2) is 26.5 Å². The summed E-state index contributed by atoms with van der Waals surface area (Å²) in [7, 11) is 0. The highest BCUT2D eigenvalue weighted by Gasteiger charge is 2.35. The Morgan fingerprint density at radius 1 is 0.750 bits per heavy atom. The average Bonchev–Trinajstić information content (AvgIpc) is 3.15. The van der Waals surface area contributed by atoms with Gasteiger partial charge >= 0.3 is 0 Å². The molecule has 0 spiro atoms. The van der Waals surface area contributed by atoms with Gasteiger partial charge in [0.05, 0.1) is 29.9 Å². The summed E-state index contributed by atoms with van der Waals surface area (Å²) in [6.07, 6.45) is 1.86. The second kappa shape index (κ2) is 5.77. The van der Waals surface area contributed by atoms with E-state index in [1.54, 1.807) is 24.3 Å². The molecule has 0 saturated carbocycles. The molecule has 2 heterocycles. The zero-order chi connectivity index (χ0) is 16.5. The fourth-order valence-electron chi connectivity index (χ4n) is 2.89. The van der Waals surface area contributed by atoms with E-state index < -0.39 is 0 Å². The van der Waals surface area contributed by atoms with E-state index in [-0.39, 0.29) is 18.4 Å². The maximum atomic E-state index is 12.4. The second-order valence-corrected chi connectivity index (χ2v) is 5.73. The van der Waals surface area contributed by atoms with Crippen LogP contribution in [0.5, 0.6) is 0 Å². The van der Waals surface area contributed by atoms with Crippen molar-refractivity contribution in [2.45, 2.75) is 13.1 Å². The number of benzene rings is 2. The van der Waals surface area contributed by atoms with Gasteiger partial charge in [-0.1, -0.05) is 42.5 Å². The van der Waals surface area contributed by atoms with Gasteiger partial charge in [0.2, 0.25) is 0 Å². The van der Waals surface area contributed by atoms with Gasteiger partial charge in [0, 0.05) is 6.20 Å². The molecule has 0 saturated heterocycles. The lowest BCUT2D eigenvalue weighted by atomic mass is 10.1. The number of nitrogens with zero attached hydrogens (tertiary/aromatic N) is 3. The zero-order valence-electron chi connectivity index (χ0n) is 12.9. The number of fused-ring (bicyclic) bond motifs is 1. The number of hydrogen-bond acceptors (Lipinski definition) is 3. The molecule has 4 rings (SSSR count). The third-order valence-electron chi connectivity index (χ3n) is 4.08. The lowest BCUT2D eigenvalue weighted by Gasteiger charge is -2.11. The van der Waals surface area contributed by atoms with Crippen LogP contribution in [0.1, 0.15) is 32.0 Å². The van der Waals surface area contributed by atoms with Crippen LogP contribution in [0.25, 0.3) is 0 Å². The molecule has 0 N–H and O–H groups in total. The number of imide groups is 1. The fourth-order valence-corrected chi connectivity index (χ4v) is 2.89. The van der Waals surface area contributed by atoms with Gasteiger partial charge in [-0.3, -0.25) is 19.2 Å². The van der Waals surface area contributed by atoms with Crippen LogP contribution in [0, 0.1) is 0 Å². The van der Waals surface area contributed by atoms with Crippen LogP contribution >= 0.6 is 0 Å². The molecule has 5 nitrogen and oxygen atoms in total. The monoisotopic (exact) mass is 317 g/mol. The van der Waals surface area contributed by atoms with E-state index in [1.165, 1.54) is 4.90 Å². The summed E-state index contributed by atoms with van der Waals surface area (Å²) in [5.74, 6) is -0.513. The summed E-state index contributed by atoms with van der Waals surface area (Å²) >= 11 is 0. The van der Waals surface area contributed by atoms with Crippen LogP contribution in [0.15, 0.2) is 66.9 Å². The Hall–Kier alpha value is -3.21. The van der Waals surface area contributed by atoms with Gasteiger partial charge in [0.15, 0.2) is 0 Å². The van der Waals surface area contributed by atoms with Crippen molar-refractivity contribution in [3.05, 3.63) is 89.2 Å². The Bertz CT molecular complexity index is 880. The van der Waals surface area contributed by atoms with Gasteiger partial charge in [-0.25, -0.2) is 0 Å². The van der Waals surface area contributed by atoms with Crippen LogP contribution in [0.2, 0.25) is 0 Å². The number of aromatic nitrogens is 2. The van der Waals surface area contributed by atoms with Gasteiger partial charge in [0.25, 0.3) is 11.8 Å². The molecule has 2 amide bonds. The number of amides is 2. The molecule has 0 radical (unpaired) electrons. The normalized spacial score (nSPS) is 13.4. The Labute approximate surface area is 139 Å². The van der Waals surface area contributed by atoms with Crippen LogP contribution < -0.4 is 0 Å². The van der Waals surface area contributed by atoms with E-state index in [2.05, 4.69) is 5.10 Å². The smallest absolute Gasteiger partial charge is 0.261 e. The number of rotatable bonds is 4. The molecular weight excluding hydrogens is 302 g/mol. The van der Waals surface area contributed by atoms with Crippen molar-refractivity contribution in [2.24, 2.45) is 0 Å². The summed E-state index contributed by atoms with van der Waals surface area (Å²) in [5.41, 5.74) is 2.77. The molecule has 1 aliphatic heterocycles. The third kappa shape index (κ3) is 2.50. The van der Waals surface area contributed by atoms with E-state index in [0.717, 1.165) is 5.56 Å². The van der Waals surface area contributed by atoms with Crippen LogP contribution in [0.3, 0.4) is 0 Å². The van der Waals surface area contributed by atoms with Gasteiger partial charge in [-0.2, -0.15) is 5.10 Å². The standard InChI is InChI=1S/C19H15N3O2/c23-18-16-8-4-5-9-17(16)19(24)22(18)13-15-10-11-21(20-15)12-14-6-2-1-3-7-14/h1-11H,12-13H2. The van der Waals surface area contributed by atoms with Gasteiger partial charge < -0.3 is 0 Å². The second-order valence-electron chi connectivity index (χ2n) is 5.73. The van der Waals surface area contributed by atoms with E-state index in [9.17, 15) is 9.59 Å². The summed E-state index contributed by atoms with van der Waals surface area (Å²) < 4.78 is 1.81. The SMILES string of the molecule is O=C1c2ccccc2C(=O)N1Cc1ccn(Cc2ccccc2)n1. The topological polar surface area (TPSA) is 55.2 Å². The predicted molar refractivity (Wildman–Crippen MR) is 88.4 cm³/mol. The first-order valence-corrected chi connectivity index (χ1v) is 7.74. The van der Waals surface area contributed by atoms with E-state index in [1.807, 2.05) is 47.3 Å². The third-order valence-corrected chi connectivity index (χ3v) is 4.08. The largest absolute Gasteiger partial charge is 0.269 e. The van der Waals surface area contributed by atoms with Crippen molar-refractivity contribution in [1.82, 2.24) is 14.7 Å². The van der Waals surface area contributed by atoms with Crippen LogP contribution in [0.4, 0.5) is 0 Å². The Morgan fingerprint density at radius 2 is 1.38 bits per heavy atom. The van der Waals surface area contributed by atoms with Crippen molar-refractivity contribution >= 4 is 11.8 Å². The number of hydrogen-bond donors (Lipinski definition) is 0. The highest BCUT2D eigenvalue weighted by Crippen LogP contribution is 2.23.